The molecule has 0 aliphatic carbocycles. The fourth-order valence-corrected chi connectivity index (χ4v) is 1.76. The van der Waals surface area contributed by atoms with Crippen molar-refractivity contribution in [3.05, 3.63) is 35.4 Å². The second kappa shape index (κ2) is 8.17. The summed E-state index contributed by atoms with van der Waals surface area (Å²) in [6, 6.07) is 2.88. The van der Waals surface area contributed by atoms with E-state index < -0.39 is 17.7 Å². The molecule has 0 spiro atoms. The smallest absolute Gasteiger partial charge is 0.224 e. The van der Waals surface area contributed by atoms with Crippen LogP contribution in [-0.4, -0.2) is 12.5 Å². The first kappa shape index (κ1) is 18.8. The van der Waals surface area contributed by atoms with Gasteiger partial charge in [0.1, 0.15) is 11.6 Å². The molecule has 1 amide bonds. The summed E-state index contributed by atoms with van der Waals surface area (Å²) in [5.74, 6) is -1.88. The van der Waals surface area contributed by atoms with Crippen LogP contribution in [0.25, 0.3) is 0 Å². The Morgan fingerprint density at radius 1 is 1.30 bits per heavy atom. The summed E-state index contributed by atoms with van der Waals surface area (Å²) in [7, 11) is 0. The number of hydrogen-bond acceptors (Lipinski definition) is 2. The Balaban J connectivity index is 0.00000361. The Kier molecular flexibility index (Phi) is 7.68. The Morgan fingerprint density at radius 2 is 1.90 bits per heavy atom. The number of rotatable bonds is 5. The number of nitrogens with two attached hydrogens (primary N) is 1. The third kappa shape index (κ3) is 4.72. The van der Waals surface area contributed by atoms with Crippen LogP contribution in [0.15, 0.2) is 18.2 Å². The maximum absolute atomic E-state index is 13.8. The molecule has 0 aromatic heterocycles. The zero-order valence-electron chi connectivity index (χ0n) is 11.8. The topological polar surface area (TPSA) is 55.1 Å². The maximum atomic E-state index is 13.8. The van der Waals surface area contributed by atoms with E-state index in [1.54, 1.807) is 6.92 Å². The fourth-order valence-electron chi connectivity index (χ4n) is 1.76. The first-order valence-corrected chi connectivity index (χ1v) is 6.32. The van der Waals surface area contributed by atoms with Gasteiger partial charge in [-0.3, -0.25) is 4.79 Å². The van der Waals surface area contributed by atoms with E-state index in [-0.39, 0.29) is 42.3 Å². The van der Waals surface area contributed by atoms with Crippen LogP contribution in [0.2, 0.25) is 0 Å². The van der Waals surface area contributed by atoms with Gasteiger partial charge in [-0.1, -0.05) is 26.8 Å². The molecule has 0 fully saturated rings. The summed E-state index contributed by atoms with van der Waals surface area (Å²) in [5, 5.41) is 2.76. The third-order valence-corrected chi connectivity index (χ3v) is 3.06. The van der Waals surface area contributed by atoms with Crippen molar-refractivity contribution in [2.75, 3.05) is 6.54 Å². The molecule has 1 rings (SSSR count). The third-order valence-electron chi connectivity index (χ3n) is 3.06. The van der Waals surface area contributed by atoms with E-state index in [0.29, 0.717) is 0 Å². The molecule has 0 radical (unpaired) electrons. The monoisotopic (exact) mass is 306 g/mol. The first-order valence-electron chi connectivity index (χ1n) is 6.32. The van der Waals surface area contributed by atoms with Crippen molar-refractivity contribution >= 4 is 18.3 Å². The minimum atomic E-state index is -0.653. The van der Waals surface area contributed by atoms with Gasteiger partial charge in [-0.25, -0.2) is 8.78 Å². The van der Waals surface area contributed by atoms with Crippen LogP contribution in [0.4, 0.5) is 8.78 Å². The highest BCUT2D eigenvalue weighted by Crippen LogP contribution is 2.25. The molecule has 114 valence electrons. The van der Waals surface area contributed by atoms with Gasteiger partial charge in [0.05, 0.1) is 6.04 Å². The zero-order valence-corrected chi connectivity index (χ0v) is 12.6. The molecule has 3 N–H and O–H groups in total. The van der Waals surface area contributed by atoms with Crippen LogP contribution >= 0.6 is 12.4 Å². The minimum Gasteiger partial charge on any atom is -0.349 e. The molecule has 0 aliphatic rings. The Morgan fingerprint density at radius 3 is 2.35 bits per heavy atom. The van der Waals surface area contributed by atoms with E-state index in [2.05, 4.69) is 5.32 Å². The lowest BCUT2D eigenvalue weighted by atomic mass is 9.94. The van der Waals surface area contributed by atoms with Crippen molar-refractivity contribution in [1.82, 2.24) is 5.32 Å². The van der Waals surface area contributed by atoms with Gasteiger partial charge >= 0.3 is 0 Å². The number of amides is 1. The van der Waals surface area contributed by atoms with Crippen molar-refractivity contribution in [2.24, 2.45) is 17.6 Å². The van der Waals surface area contributed by atoms with Crippen LogP contribution in [0.5, 0.6) is 0 Å². The molecule has 1 aromatic carbocycles. The summed E-state index contributed by atoms with van der Waals surface area (Å²) >= 11 is 0. The molecule has 0 saturated heterocycles. The van der Waals surface area contributed by atoms with Crippen LogP contribution in [0.3, 0.4) is 0 Å². The maximum Gasteiger partial charge on any atom is 0.224 e. The Labute approximate surface area is 124 Å². The van der Waals surface area contributed by atoms with E-state index in [9.17, 15) is 13.6 Å². The summed E-state index contributed by atoms with van der Waals surface area (Å²) in [6.07, 6.45) is 0. The van der Waals surface area contributed by atoms with Crippen molar-refractivity contribution in [3.8, 4) is 0 Å². The van der Waals surface area contributed by atoms with Crippen LogP contribution < -0.4 is 11.1 Å². The Bertz CT molecular complexity index is 455. The van der Waals surface area contributed by atoms with Gasteiger partial charge < -0.3 is 11.1 Å². The number of carbonyl (C=O) groups excluding carboxylic acids is 1. The van der Waals surface area contributed by atoms with Crippen LogP contribution in [0.1, 0.15) is 32.4 Å². The Hall–Kier alpha value is -1.20. The lowest BCUT2D eigenvalue weighted by Crippen LogP contribution is -2.38. The van der Waals surface area contributed by atoms with Gasteiger partial charge in [0, 0.05) is 24.1 Å². The van der Waals surface area contributed by atoms with Gasteiger partial charge in [-0.15, -0.1) is 12.4 Å². The van der Waals surface area contributed by atoms with E-state index in [4.69, 9.17) is 5.73 Å². The van der Waals surface area contributed by atoms with Crippen molar-refractivity contribution < 1.29 is 13.6 Å². The van der Waals surface area contributed by atoms with Gasteiger partial charge in [0.15, 0.2) is 0 Å². The number of nitrogens with one attached hydrogen (secondary N) is 1. The molecule has 2 atom stereocenters. The second-order valence-electron chi connectivity index (χ2n) is 5.03. The molecule has 2 unspecified atom stereocenters. The van der Waals surface area contributed by atoms with Gasteiger partial charge in [0.2, 0.25) is 5.91 Å². The lowest BCUT2D eigenvalue weighted by Gasteiger charge is -2.24. The van der Waals surface area contributed by atoms with E-state index in [1.807, 2.05) is 13.8 Å². The van der Waals surface area contributed by atoms with E-state index >= 15 is 0 Å². The summed E-state index contributed by atoms with van der Waals surface area (Å²) < 4.78 is 26.7. The SMILES string of the molecule is CC(CN)C(=O)NC(c1ccc(F)cc1F)C(C)C.Cl. The molecular formula is C14H21ClF2N2O. The molecule has 0 saturated carbocycles. The molecule has 3 nitrogen and oxygen atoms in total. The molecule has 1 aromatic rings. The highest BCUT2D eigenvalue weighted by molar-refractivity contribution is 5.85. The van der Waals surface area contributed by atoms with E-state index in [1.165, 1.54) is 12.1 Å². The second-order valence-corrected chi connectivity index (χ2v) is 5.03. The van der Waals surface area contributed by atoms with Gasteiger partial charge in [0.25, 0.3) is 0 Å². The molecule has 0 bridgehead atoms. The standard InChI is InChI=1S/C14H20F2N2O.ClH/c1-8(2)13(18-14(19)9(3)7-17)11-5-4-10(15)6-12(11)16;/h4-6,8-9,13H,7,17H2,1-3H3,(H,18,19);1H. The zero-order chi connectivity index (χ0) is 14.6. The van der Waals surface area contributed by atoms with Crippen molar-refractivity contribution in [1.29, 1.82) is 0 Å². The molecule has 20 heavy (non-hydrogen) atoms. The summed E-state index contributed by atoms with van der Waals surface area (Å²) in [6.45, 7) is 5.65. The normalized spacial score (nSPS) is 13.6. The molecule has 0 heterocycles. The predicted octanol–water partition coefficient (Wildman–Crippen LogP) is 2.79. The van der Waals surface area contributed by atoms with E-state index in [0.717, 1.165) is 6.07 Å². The molecular weight excluding hydrogens is 286 g/mol. The number of hydrogen-bond donors (Lipinski definition) is 2. The molecule has 0 aliphatic heterocycles. The van der Waals surface area contributed by atoms with Gasteiger partial charge in [-0.05, 0) is 12.0 Å². The average Bonchev–Trinajstić information content (AvgIpc) is 2.35. The first-order chi connectivity index (χ1) is 8.86. The minimum absolute atomic E-state index is 0. The number of halogens is 3. The molecule has 6 heteroatoms. The highest BCUT2D eigenvalue weighted by atomic mass is 35.5. The number of carbonyl (C=O) groups is 1. The van der Waals surface area contributed by atoms with Gasteiger partial charge in [-0.2, -0.15) is 0 Å². The largest absolute Gasteiger partial charge is 0.349 e. The van der Waals surface area contributed by atoms with Crippen molar-refractivity contribution in [2.45, 2.75) is 26.8 Å². The fraction of sp³-hybridized carbons (Fsp3) is 0.500. The average molecular weight is 307 g/mol. The van der Waals surface area contributed by atoms with Crippen LogP contribution in [0, 0.1) is 23.5 Å². The summed E-state index contributed by atoms with van der Waals surface area (Å²) in [4.78, 5) is 11.9. The quantitative estimate of drug-likeness (QED) is 0.879. The predicted molar refractivity (Wildman–Crippen MR) is 77.5 cm³/mol. The number of benzene rings is 1. The summed E-state index contributed by atoms with van der Waals surface area (Å²) in [5.41, 5.74) is 5.71. The van der Waals surface area contributed by atoms with Crippen LogP contribution in [-0.2, 0) is 4.79 Å². The highest BCUT2D eigenvalue weighted by Gasteiger charge is 2.23. The lowest BCUT2D eigenvalue weighted by molar-refractivity contribution is -0.125. The van der Waals surface area contributed by atoms with Crippen molar-refractivity contribution in [3.63, 3.8) is 0 Å².